The second kappa shape index (κ2) is 9.66. The normalized spacial score (nSPS) is 11.8. The molecule has 3 nitrogen and oxygen atoms in total. The Hall–Kier alpha value is -3.85. The summed E-state index contributed by atoms with van der Waals surface area (Å²) in [5.74, 6) is -0.914. The summed E-state index contributed by atoms with van der Waals surface area (Å²) in [5.41, 5.74) is 8.38. The summed E-state index contributed by atoms with van der Waals surface area (Å²) in [4.78, 5) is 13.5. The van der Waals surface area contributed by atoms with Crippen LogP contribution in [0, 0.1) is 0 Å². The van der Waals surface area contributed by atoms with Crippen LogP contribution in [0.15, 0.2) is 97.1 Å². The first kappa shape index (κ1) is 25.2. The standard InChI is InChI=1S/C33H35NO2/c1-32(2,3)26-13-19-29(20-14-26)34(30-21-15-27(16-22-30)33(4,5)6)28-17-11-24(12-18-28)23-7-9-25(10-8-23)31(35)36/h7-22H,1-6H3,(H,35,36). The Balaban J connectivity index is 1.73. The van der Waals surface area contributed by atoms with Crippen LogP contribution >= 0.6 is 0 Å². The van der Waals surface area contributed by atoms with Gasteiger partial charge in [-0.15, -0.1) is 0 Å². The van der Waals surface area contributed by atoms with Crippen LogP contribution in [0.4, 0.5) is 17.1 Å². The molecule has 4 rings (SSSR count). The molecular formula is C33H35NO2. The molecule has 4 aromatic rings. The van der Waals surface area contributed by atoms with Crippen molar-refractivity contribution in [3.8, 4) is 11.1 Å². The molecule has 0 unspecified atom stereocenters. The fourth-order valence-corrected chi connectivity index (χ4v) is 4.28. The summed E-state index contributed by atoms with van der Waals surface area (Å²) in [7, 11) is 0. The molecule has 0 saturated heterocycles. The second-order valence-electron chi connectivity index (χ2n) is 11.4. The number of hydrogen-bond donors (Lipinski definition) is 1. The van der Waals surface area contributed by atoms with Crippen LogP contribution in [0.1, 0.15) is 63.0 Å². The molecule has 0 aromatic heterocycles. The van der Waals surface area contributed by atoms with Crippen molar-refractivity contribution >= 4 is 23.0 Å². The van der Waals surface area contributed by atoms with E-state index >= 15 is 0 Å². The lowest BCUT2D eigenvalue weighted by molar-refractivity contribution is 0.0697. The predicted octanol–water partition coefficient (Wildman–Crippen LogP) is 9.12. The van der Waals surface area contributed by atoms with Crippen molar-refractivity contribution in [2.45, 2.75) is 52.4 Å². The van der Waals surface area contributed by atoms with E-state index in [2.05, 4.69) is 119 Å². The lowest BCUT2D eigenvalue weighted by Crippen LogP contribution is -2.14. The molecule has 0 bridgehead atoms. The molecule has 184 valence electrons. The van der Waals surface area contributed by atoms with E-state index in [1.54, 1.807) is 12.1 Å². The maximum atomic E-state index is 11.2. The molecule has 0 radical (unpaired) electrons. The van der Waals surface area contributed by atoms with Gasteiger partial charge in [0.15, 0.2) is 0 Å². The zero-order valence-electron chi connectivity index (χ0n) is 22.0. The zero-order chi connectivity index (χ0) is 26.1. The third kappa shape index (κ3) is 5.52. The average Bonchev–Trinajstić information content (AvgIpc) is 2.84. The first-order valence-corrected chi connectivity index (χ1v) is 12.4. The summed E-state index contributed by atoms with van der Waals surface area (Å²) in [6.07, 6.45) is 0. The van der Waals surface area contributed by atoms with Crippen molar-refractivity contribution in [3.63, 3.8) is 0 Å². The van der Waals surface area contributed by atoms with E-state index in [1.807, 2.05) is 12.1 Å². The highest BCUT2D eigenvalue weighted by molar-refractivity contribution is 5.88. The molecule has 0 aliphatic rings. The van der Waals surface area contributed by atoms with Gasteiger partial charge in [0.2, 0.25) is 0 Å². The van der Waals surface area contributed by atoms with Crippen LogP contribution in [-0.2, 0) is 10.8 Å². The Morgan fingerprint density at radius 3 is 1.14 bits per heavy atom. The molecule has 0 atom stereocenters. The highest BCUT2D eigenvalue weighted by Gasteiger charge is 2.18. The SMILES string of the molecule is CC(C)(C)c1ccc(N(c2ccc(-c3ccc(C(=O)O)cc3)cc2)c2ccc(C(C)(C)C)cc2)cc1. The fourth-order valence-electron chi connectivity index (χ4n) is 4.28. The van der Waals surface area contributed by atoms with Gasteiger partial charge in [-0.05, 0) is 81.6 Å². The fraction of sp³-hybridized carbons (Fsp3) is 0.242. The van der Waals surface area contributed by atoms with Crippen molar-refractivity contribution in [2.75, 3.05) is 4.90 Å². The van der Waals surface area contributed by atoms with Gasteiger partial charge in [-0.3, -0.25) is 0 Å². The molecule has 0 amide bonds. The minimum atomic E-state index is -0.914. The molecule has 0 saturated carbocycles. The molecule has 36 heavy (non-hydrogen) atoms. The average molecular weight is 478 g/mol. The number of aromatic carboxylic acids is 1. The van der Waals surface area contributed by atoms with E-state index in [0.717, 1.165) is 28.2 Å². The number of hydrogen-bond acceptors (Lipinski definition) is 2. The number of nitrogens with zero attached hydrogens (tertiary/aromatic N) is 1. The number of anilines is 3. The largest absolute Gasteiger partial charge is 0.478 e. The highest BCUT2D eigenvalue weighted by atomic mass is 16.4. The Kier molecular flexibility index (Phi) is 6.77. The van der Waals surface area contributed by atoms with E-state index in [-0.39, 0.29) is 10.8 Å². The Morgan fingerprint density at radius 2 is 0.833 bits per heavy atom. The van der Waals surface area contributed by atoms with Crippen LogP contribution < -0.4 is 4.90 Å². The van der Waals surface area contributed by atoms with Crippen LogP contribution in [0.2, 0.25) is 0 Å². The lowest BCUT2D eigenvalue weighted by Gasteiger charge is -2.28. The number of rotatable bonds is 5. The van der Waals surface area contributed by atoms with Crippen molar-refractivity contribution in [1.29, 1.82) is 0 Å². The maximum absolute atomic E-state index is 11.2. The molecule has 1 N–H and O–H groups in total. The molecule has 0 heterocycles. The molecule has 0 aliphatic heterocycles. The van der Waals surface area contributed by atoms with Gasteiger partial charge in [0.05, 0.1) is 5.56 Å². The molecule has 0 aliphatic carbocycles. The smallest absolute Gasteiger partial charge is 0.335 e. The van der Waals surface area contributed by atoms with E-state index in [1.165, 1.54) is 11.1 Å². The minimum Gasteiger partial charge on any atom is -0.478 e. The second-order valence-corrected chi connectivity index (χ2v) is 11.4. The van der Waals surface area contributed by atoms with Crippen molar-refractivity contribution < 1.29 is 9.90 Å². The van der Waals surface area contributed by atoms with Gasteiger partial charge < -0.3 is 10.0 Å². The predicted molar refractivity (Wildman–Crippen MR) is 151 cm³/mol. The summed E-state index contributed by atoms with van der Waals surface area (Å²) in [5, 5.41) is 9.18. The number of carbonyl (C=O) groups is 1. The van der Waals surface area contributed by atoms with Gasteiger partial charge in [0.1, 0.15) is 0 Å². The monoisotopic (exact) mass is 477 g/mol. The van der Waals surface area contributed by atoms with Crippen molar-refractivity contribution in [2.24, 2.45) is 0 Å². The number of carboxylic acid groups (broad SMARTS) is 1. The molecule has 0 fully saturated rings. The van der Waals surface area contributed by atoms with E-state index in [9.17, 15) is 9.90 Å². The third-order valence-electron chi connectivity index (χ3n) is 6.57. The summed E-state index contributed by atoms with van der Waals surface area (Å²) < 4.78 is 0. The van der Waals surface area contributed by atoms with Gasteiger partial charge in [-0.1, -0.05) is 90.1 Å². The maximum Gasteiger partial charge on any atom is 0.335 e. The van der Waals surface area contributed by atoms with E-state index in [4.69, 9.17) is 0 Å². The van der Waals surface area contributed by atoms with Gasteiger partial charge >= 0.3 is 5.97 Å². The third-order valence-corrected chi connectivity index (χ3v) is 6.57. The molecule has 4 aromatic carbocycles. The topological polar surface area (TPSA) is 40.5 Å². The number of carboxylic acids is 1. The van der Waals surface area contributed by atoms with Crippen LogP contribution in [-0.4, -0.2) is 11.1 Å². The zero-order valence-corrected chi connectivity index (χ0v) is 22.0. The first-order valence-electron chi connectivity index (χ1n) is 12.4. The van der Waals surface area contributed by atoms with Crippen molar-refractivity contribution in [3.05, 3.63) is 114 Å². The summed E-state index contributed by atoms with van der Waals surface area (Å²) >= 11 is 0. The van der Waals surface area contributed by atoms with Gasteiger partial charge in [0.25, 0.3) is 0 Å². The number of benzene rings is 4. The molecular weight excluding hydrogens is 442 g/mol. The molecule has 3 heteroatoms. The highest BCUT2D eigenvalue weighted by Crippen LogP contribution is 2.37. The Morgan fingerprint density at radius 1 is 0.528 bits per heavy atom. The van der Waals surface area contributed by atoms with E-state index < -0.39 is 5.97 Å². The van der Waals surface area contributed by atoms with Crippen LogP contribution in [0.25, 0.3) is 11.1 Å². The van der Waals surface area contributed by atoms with Gasteiger partial charge in [-0.2, -0.15) is 0 Å². The lowest BCUT2D eigenvalue weighted by atomic mass is 9.86. The van der Waals surface area contributed by atoms with Crippen molar-refractivity contribution in [1.82, 2.24) is 0 Å². The van der Waals surface area contributed by atoms with Gasteiger partial charge in [0, 0.05) is 17.1 Å². The quantitative estimate of drug-likeness (QED) is 0.311. The van der Waals surface area contributed by atoms with Crippen LogP contribution in [0.5, 0.6) is 0 Å². The molecule has 0 spiro atoms. The van der Waals surface area contributed by atoms with E-state index in [0.29, 0.717) is 5.56 Å². The Bertz CT molecular complexity index is 1260. The van der Waals surface area contributed by atoms with Gasteiger partial charge in [-0.25, -0.2) is 4.79 Å². The van der Waals surface area contributed by atoms with Crippen LogP contribution in [0.3, 0.4) is 0 Å². The Labute approximate surface area is 215 Å². The summed E-state index contributed by atoms with van der Waals surface area (Å²) in [6.45, 7) is 13.4. The first-order chi connectivity index (χ1) is 16.9. The minimum absolute atomic E-state index is 0.0928. The summed E-state index contributed by atoms with van der Waals surface area (Å²) in [6, 6.07) is 33.0.